The average molecular weight is 154 g/mol. The molecule has 0 radical (unpaired) electrons. The maximum atomic E-state index is 10.9. The first-order chi connectivity index (χ1) is 5.24. The van der Waals surface area contributed by atoms with E-state index in [1.165, 1.54) is 13.2 Å². The number of allylic oxidation sites excluding steroid dienone is 1. The second-order valence-electron chi connectivity index (χ2n) is 2.49. The van der Waals surface area contributed by atoms with Crippen molar-refractivity contribution >= 4 is 11.8 Å². The summed E-state index contributed by atoms with van der Waals surface area (Å²) in [7, 11) is 1.35. The normalized spacial score (nSPS) is 23.4. The van der Waals surface area contributed by atoms with Crippen molar-refractivity contribution in [2.45, 2.75) is 12.8 Å². The van der Waals surface area contributed by atoms with Gasteiger partial charge in [0.15, 0.2) is 5.78 Å². The molecule has 0 unspecified atom stereocenters. The van der Waals surface area contributed by atoms with E-state index in [9.17, 15) is 9.59 Å². The molecule has 1 aliphatic carbocycles. The Morgan fingerprint density at radius 1 is 1.73 bits per heavy atom. The van der Waals surface area contributed by atoms with E-state index in [1.54, 1.807) is 6.08 Å². The maximum Gasteiger partial charge on any atom is 0.312 e. The van der Waals surface area contributed by atoms with E-state index in [0.29, 0.717) is 12.8 Å². The molecule has 11 heavy (non-hydrogen) atoms. The molecule has 1 aliphatic rings. The Kier molecular flexibility index (Phi) is 2.41. The Labute approximate surface area is 65.0 Å². The van der Waals surface area contributed by atoms with Gasteiger partial charge in [0, 0.05) is 6.42 Å². The van der Waals surface area contributed by atoms with Crippen LogP contribution < -0.4 is 0 Å². The lowest BCUT2D eigenvalue weighted by atomic mass is 9.95. The summed E-state index contributed by atoms with van der Waals surface area (Å²) < 4.78 is 4.52. The lowest BCUT2D eigenvalue weighted by molar-refractivity contribution is -0.144. The number of hydrogen-bond acceptors (Lipinski definition) is 3. The van der Waals surface area contributed by atoms with Gasteiger partial charge in [-0.05, 0) is 12.5 Å². The van der Waals surface area contributed by atoms with Crippen molar-refractivity contribution in [3.05, 3.63) is 12.2 Å². The first kappa shape index (κ1) is 7.98. The Bertz CT molecular complexity index is 205. The summed E-state index contributed by atoms with van der Waals surface area (Å²) in [6, 6.07) is 0. The predicted molar refractivity (Wildman–Crippen MR) is 38.9 cm³/mol. The van der Waals surface area contributed by atoms with Crippen molar-refractivity contribution in [1.82, 2.24) is 0 Å². The molecule has 0 saturated carbocycles. The molecule has 0 N–H and O–H groups in total. The number of hydrogen-bond donors (Lipinski definition) is 0. The second kappa shape index (κ2) is 3.32. The van der Waals surface area contributed by atoms with Crippen LogP contribution in [-0.4, -0.2) is 18.9 Å². The van der Waals surface area contributed by atoms with E-state index in [-0.39, 0.29) is 17.7 Å². The van der Waals surface area contributed by atoms with Crippen molar-refractivity contribution in [2.24, 2.45) is 5.92 Å². The third kappa shape index (κ3) is 1.90. The Morgan fingerprint density at radius 2 is 2.45 bits per heavy atom. The standard InChI is InChI=1S/C8H10O3/c1-11-8(10)6-2-4-7(9)5-3-6/h2,4,6H,3,5H2,1H3/t6-/m1/s1. The number of ether oxygens (including phenoxy) is 1. The van der Waals surface area contributed by atoms with Crippen LogP contribution in [0.2, 0.25) is 0 Å². The van der Waals surface area contributed by atoms with Crippen LogP contribution >= 0.6 is 0 Å². The second-order valence-corrected chi connectivity index (χ2v) is 2.49. The lowest BCUT2D eigenvalue weighted by Gasteiger charge is -2.12. The fourth-order valence-electron chi connectivity index (χ4n) is 1.05. The van der Waals surface area contributed by atoms with Crippen LogP contribution in [0.3, 0.4) is 0 Å². The molecule has 60 valence electrons. The number of ketones is 1. The van der Waals surface area contributed by atoms with E-state index in [0.717, 1.165) is 0 Å². The molecule has 3 nitrogen and oxygen atoms in total. The summed E-state index contributed by atoms with van der Waals surface area (Å²) in [5.41, 5.74) is 0. The Hall–Kier alpha value is -1.12. The number of carbonyl (C=O) groups excluding carboxylic acids is 2. The van der Waals surface area contributed by atoms with Crippen LogP contribution in [0.15, 0.2) is 12.2 Å². The van der Waals surface area contributed by atoms with Crippen molar-refractivity contribution < 1.29 is 14.3 Å². The molecule has 1 rings (SSSR count). The minimum absolute atomic E-state index is 0.0881. The van der Waals surface area contributed by atoms with Gasteiger partial charge in [0.05, 0.1) is 13.0 Å². The molecule has 0 spiro atoms. The van der Waals surface area contributed by atoms with Gasteiger partial charge in [-0.2, -0.15) is 0 Å². The highest BCUT2D eigenvalue weighted by Crippen LogP contribution is 2.15. The van der Waals surface area contributed by atoms with Gasteiger partial charge in [-0.1, -0.05) is 6.08 Å². The van der Waals surface area contributed by atoms with Gasteiger partial charge in [-0.15, -0.1) is 0 Å². The summed E-state index contributed by atoms with van der Waals surface area (Å²) in [6.07, 6.45) is 4.10. The third-order valence-electron chi connectivity index (χ3n) is 1.72. The van der Waals surface area contributed by atoms with Gasteiger partial charge in [0.1, 0.15) is 0 Å². The van der Waals surface area contributed by atoms with Gasteiger partial charge in [0.25, 0.3) is 0 Å². The molecule has 0 bridgehead atoms. The first-order valence-corrected chi connectivity index (χ1v) is 3.53. The van der Waals surface area contributed by atoms with Crippen LogP contribution in [0, 0.1) is 5.92 Å². The summed E-state index contributed by atoms with van der Waals surface area (Å²) in [5, 5.41) is 0. The molecule has 1 atom stereocenters. The molecule has 0 aliphatic heterocycles. The van der Waals surface area contributed by atoms with E-state index >= 15 is 0 Å². The largest absolute Gasteiger partial charge is 0.469 e. The molecule has 0 fully saturated rings. The molecule has 0 aromatic heterocycles. The van der Waals surface area contributed by atoms with Gasteiger partial charge in [0.2, 0.25) is 0 Å². The molecule has 0 aromatic carbocycles. The third-order valence-corrected chi connectivity index (χ3v) is 1.72. The van der Waals surface area contributed by atoms with E-state index in [4.69, 9.17) is 0 Å². The van der Waals surface area contributed by atoms with E-state index in [2.05, 4.69) is 4.74 Å². The van der Waals surface area contributed by atoms with Crippen LogP contribution in [0.5, 0.6) is 0 Å². The lowest BCUT2D eigenvalue weighted by Crippen LogP contribution is -2.18. The molecule has 0 saturated heterocycles. The van der Waals surface area contributed by atoms with Crippen LogP contribution in [0.4, 0.5) is 0 Å². The molecular formula is C8H10O3. The van der Waals surface area contributed by atoms with Crippen LogP contribution in [-0.2, 0) is 14.3 Å². The minimum Gasteiger partial charge on any atom is -0.469 e. The number of carbonyl (C=O) groups is 2. The average Bonchev–Trinajstić information content (AvgIpc) is 2.05. The zero-order valence-corrected chi connectivity index (χ0v) is 6.37. The topological polar surface area (TPSA) is 43.4 Å². The summed E-state index contributed by atoms with van der Waals surface area (Å²) in [4.78, 5) is 21.6. The number of esters is 1. The maximum absolute atomic E-state index is 10.9. The van der Waals surface area contributed by atoms with Crippen molar-refractivity contribution in [3.63, 3.8) is 0 Å². The zero-order chi connectivity index (χ0) is 8.27. The quantitative estimate of drug-likeness (QED) is 0.522. The zero-order valence-electron chi connectivity index (χ0n) is 6.37. The fourth-order valence-corrected chi connectivity index (χ4v) is 1.05. The van der Waals surface area contributed by atoms with E-state index < -0.39 is 0 Å². The highest BCUT2D eigenvalue weighted by molar-refractivity contribution is 5.92. The van der Waals surface area contributed by atoms with Gasteiger partial charge < -0.3 is 4.74 Å². The SMILES string of the molecule is COC(=O)[C@@H]1C=CC(=O)CC1. The predicted octanol–water partition coefficient (Wildman–Crippen LogP) is 0.695. The fraction of sp³-hybridized carbons (Fsp3) is 0.500. The number of methoxy groups -OCH3 is 1. The monoisotopic (exact) mass is 154 g/mol. The molecule has 0 amide bonds. The highest BCUT2D eigenvalue weighted by atomic mass is 16.5. The highest BCUT2D eigenvalue weighted by Gasteiger charge is 2.20. The van der Waals surface area contributed by atoms with Crippen molar-refractivity contribution in [3.8, 4) is 0 Å². The minimum atomic E-state index is -0.256. The summed E-state index contributed by atoms with van der Waals surface area (Å²) >= 11 is 0. The Morgan fingerprint density at radius 3 is 2.91 bits per heavy atom. The van der Waals surface area contributed by atoms with Gasteiger partial charge >= 0.3 is 5.97 Å². The Balaban J connectivity index is 2.57. The molecule has 0 heterocycles. The van der Waals surface area contributed by atoms with Crippen LogP contribution in [0.1, 0.15) is 12.8 Å². The van der Waals surface area contributed by atoms with Crippen LogP contribution in [0.25, 0.3) is 0 Å². The smallest absolute Gasteiger partial charge is 0.312 e. The molecular weight excluding hydrogens is 144 g/mol. The molecule has 0 aromatic rings. The van der Waals surface area contributed by atoms with Gasteiger partial charge in [-0.25, -0.2) is 0 Å². The first-order valence-electron chi connectivity index (χ1n) is 3.53. The van der Waals surface area contributed by atoms with Crippen molar-refractivity contribution in [2.75, 3.05) is 7.11 Å². The summed E-state index contributed by atoms with van der Waals surface area (Å²) in [6.45, 7) is 0. The van der Waals surface area contributed by atoms with Crippen molar-refractivity contribution in [1.29, 1.82) is 0 Å². The molecule has 3 heteroatoms. The van der Waals surface area contributed by atoms with E-state index in [1.807, 2.05) is 0 Å². The van der Waals surface area contributed by atoms with Gasteiger partial charge in [-0.3, -0.25) is 9.59 Å². The summed E-state index contributed by atoms with van der Waals surface area (Å²) in [5.74, 6) is -0.378. The number of rotatable bonds is 1.